The number of carbonyl (C=O) groups is 2. The molecule has 2 unspecified atom stereocenters. The van der Waals surface area contributed by atoms with Crippen molar-refractivity contribution in [3.63, 3.8) is 0 Å². The van der Waals surface area contributed by atoms with Crippen molar-refractivity contribution >= 4 is 23.2 Å². The summed E-state index contributed by atoms with van der Waals surface area (Å²) in [6, 6.07) is -0.865. The first kappa shape index (κ1) is 11.1. The zero-order valence-corrected chi connectivity index (χ0v) is 9.95. The van der Waals surface area contributed by atoms with Gasteiger partial charge < -0.3 is 10.2 Å². The summed E-state index contributed by atoms with van der Waals surface area (Å²) in [4.78, 5) is 29.2. The van der Waals surface area contributed by atoms with Crippen molar-refractivity contribution in [2.45, 2.75) is 32.5 Å². The number of nitrogens with zero attached hydrogens (tertiary/aromatic N) is 2. The molecule has 16 heavy (non-hydrogen) atoms. The number of piperazine rings is 1. The largest absolute Gasteiger partial charge is 0.343 e. The van der Waals surface area contributed by atoms with Gasteiger partial charge >= 0.3 is 0 Å². The zero-order chi connectivity index (χ0) is 11.7. The summed E-state index contributed by atoms with van der Waals surface area (Å²) < 4.78 is 0. The molecule has 2 heterocycles. The molecule has 1 aliphatic rings. The Morgan fingerprint density at radius 1 is 1.50 bits per heavy atom. The van der Waals surface area contributed by atoms with Crippen LogP contribution in [0.1, 0.15) is 18.9 Å². The van der Waals surface area contributed by atoms with E-state index in [1.54, 1.807) is 24.9 Å². The fourth-order valence-electron chi connectivity index (χ4n) is 1.67. The van der Waals surface area contributed by atoms with Gasteiger partial charge in [0, 0.05) is 11.6 Å². The summed E-state index contributed by atoms with van der Waals surface area (Å²) in [6.07, 6.45) is 1.70. The van der Waals surface area contributed by atoms with Crippen molar-refractivity contribution in [2.24, 2.45) is 0 Å². The molecule has 86 valence electrons. The van der Waals surface area contributed by atoms with Crippen LogP contribution in [-0.2, 0) is 16.1 Å². The number of hydrogen-bond acceptors (Lipinski definition) is 4. The van der Waals surface area contributed by atoms with Gasteiger partial charge in [0.05, 0.1) is 6.54 Å². The molecule has 1 fully saturated rings. The molecule has 1 aromatic heterocycles. The maximum absolute atomic E-state index is 11.9. The quantitative estimate of drug-likeness (QED) is 0.811. The first-order valence-electron chi connectivity index (χ1n) is 5.09. The maximum atomic E-state index is 11.9. The van der Waals surface area contributed by atoms with Crippen LogP contribution in [0.3, 0.4) is 0 Å². The fourth-order valence-corrected chi connectivity index (χ4v) is 2.28. The summed E-state index contributed by atoms with van der Waals surface area (Å²) >= 11 is 1.49. The first-order chi connectivity index (χ1) is 7.59. The molecule has 0 spiro atoms. The number of thiazole rings is 1. The number of aromatic nitrogens is 1. The molecule has 0 radical (unpaired) electrons. The standard InChI is InChI=1S/C10H13N3O2S/c1-6-10(15)13(7(2)9(14)12-6)5-8-11-3-4-16-8/h3-4,6-7H,5H2,1-2H3,(H,12,14). The number of carbonyl (C=O) groups excluding carboxylic acids is 2. The predicted molar refractivity (Wildman–Crippen MR) is 59.7 cm³/mol. The first-order valence-corrected chi connectivity index (χ1v) is 5.97. The van der Waals surface area contributed by atoms with E-state index in [0.717, 1.165) is 5.01 Å². The van der Waals surface area contributed by atoms with Crippen molar-refractivity contribution in [2.75, 3.05) is 0 Å². The van der Waals surface area contributed by atoms with Crippen molar-refractivity contribution in [3.05, 3.63) is 16.6 Å². The van der Waals surface area contributed by atoms with Crippen LogP contribution in [0.2, 0.25) is 0 Å². The molecule has 1 saturated heterocycles. The molecule has 5 nitrogen and oxygen atoms in total. The van der Waals surface area contributed by atoms with Crippen LogP contribution in [0.5, 0.6) is 0 Å². The molecule has 2 atom stereocenters. The van der Waals surface area contributed by atoms with Gasteiger partial charge in [-0.3, -0.25) is 9.59 Å². The van der Waals surface area contributed by atoms with Gasteiger partial charge in [0.15, 0.2) is 0 Å². The molecule has 0 aromatic carbocycles. The second-order valence-corrected chi connectivity index (χ2v) is 4.78. The molecule has 2 rings (SSSR count). The van der Waals surface area contributed by atoms with Gasteiger partial charge in [-0.2, -0.15) is 0 Å². The van der Waals surface area contributed by atoms with Crippen molar-refractivity contribution < 1.29 is 9.59 Å². The predicted octanol–water partition coefficient (Wildman–Crippen LogP) is 0.378. The number of hydrogen-bond donors (Lipinski definition) is 1. The van der Waals surface area contributed by atoms with E-state index >= 15 is 0 Å². The second-order valence-electron chi connectivity index (χ2n) is 3.80. The Bertz CT molecular complexity index is 404. The summed E-state index contributed by atoms with van der Waals surface area (Å²) in [6.45, 7) is 3.84. The topological polar surface area (TPSA) is 62.3 Å². The molecule has 1 aromatic rings. The van der Waals surface area contributed by atoms with E-state index in [1.165, 1.54) is 11.3 Å². The summed E-state index contributed by atoms with van der Waals surface area (Å²) in [5.74, 6) is -0.161. The van der Waals surface area contributed by atoms with E-state index in [9.17, 15) is 9.59 Å². The van der Waals surface area contributed by atoms with Crippen molar-refractivity contribution in [1.82, 2.24) is 15.2 Å². The van der Waals surface area contributed by atoms with Gasteiger partial charge in [-0.25, -0.2) is 4.98 Å². The number of rotatable bonds is 2. The van der Waals surface area contributed by atoms with Crippen LogP contribution in [0.25, 0.3) is 0 Å². The summed E-state index contributed by atoms with van der Waals surface area (Å²) in [5, 5.41) is 5.35. The summed E-state index contributed by atoms with van der Waals surface area (Å²) in [7, 11) is 0. The van der Waals surface area contributed by atoms with E-state index < -0.39 is 12.1 Å². The van der Waals surface area contributed by atoms with E-state index in [-0.39, 0.29) is 11.8 Å². The van der Waals surface area contributed by atoms with E-state index in [4.69, 9.17) is 0 Å². The van der Waals surface area contributed by atoms with Gasteiger partial charge in [-0.1, -0.05) is 0 Å². The highest BCUT2D eigenvalue weighted by molar-refractivity contribution is 7.09. The Balaban J connectivity index is 2.17. The van der Waals surface area contributed by atoms with E-state index in [2.05, 4.69) is 10.3 Å². The van der Waals surface area contributed by atoms with Crippen molar-refractivity contribution in [3.8, 4) is 0 Å². The molecule has 0 bridgehead atoms. The highest BCUT2D eigenvalue weighted by Crippen LogP contribution is 2.15. The van der Waals surface area contributed by atoms with Crippen LogP contribution in [0.4, 0.5) is 0 Å². The molecule has 0 aliphatic carbocycles. The highest BCUT2D eigenvalue weighted by Gasteiger charge is 2.35. The molecule has 2 amide bonds. The summed E-state index contributed by atoms with van der Waals surface area (Å²) in [5.41, 5.74) is 0. The van der Waals surface area contributed by atoms with Gasteiger partial charge in [0.25, 0.3) is 0 Å². The lowest BCUT2D eigenvalue weighted by molar-refractivity contribution is -0.148. The Kier molecular flexibility index (Phi) is 2.91. The van der Waals surface area contributed by atoms with Crippen LogP contribution in [0.15, 0.2) is 11.6 Å². The van der Waals surface area contributed by atoms with Crippen molar-refractivity contribution in [1.29, 1.82) is 0 Å². The maximum Gasteiger partial charge on any atom is 0.245 e. The second kappa shape index (κ2) is 4.21. The molecule has 6 heteroatoms. The Labute approximate surface area is 97.5 Å². The van der Waals surface area contributed by atoms with Crippen LogP contribution >= 0.6 is 11.3 Å². The monoisotopic (exact) mass is 239 g/mol. The Hall–Kier alpha value is -1.43. The third-order valence-electron chi connectivity index (χ3n) is 2.65. The highest BCUT2D eigenvalue weighted by atomic mass is 32.1. The third-order valence-corrected chi connectivity index (χ3v) is 3.41. The van der Waals surface area contributed by atoms with Gasteiger partial charge in [-0.15, -0.1) is 11.3 Å². The Morgan fingerprint density at radius 3 is 2.88 bits per heavy atom. The molecular weight excluding hydrogens is 226 g/mol. The van der Waals surface area contributed by atoms with Gasteiger partial charge in [0.1, 0.15) is 17.1 Å². The minimum atomic E-state index is -0.441. The smallest absolute Gasteiger partial charge is 0.245 e. The number of amides is 2. The lowest BCUT2D eigenvalue weighted by Crippen LogP contribution is -2.60. The van der Waals surface area contributed by atoms with E-state index in [0.29, 0.717) is 6.54 Å². The van der Waals surface area contributed by atoms with Gasteiger partial charge in [-0.05, 0) is 13.8 Å². The molecular formula is C10H13N3O2S. The average molecular weight is 239 g/mol. The van der Waals surface area contributed by atoms with Crippen LogP contribution < -0.4 is 5.32 Å². The zero-order valence-electron chi connectivity index (χ0n) is 9.14. The normalized spacial score (nSPS) is 25.8. The minimum absolute atomic E-state index is 0.0534. The molecule has 1 N–H and O–H groups in total. The van der Waals surface area contributed by atoms with Crippen LogP contribution in [0, 0.1) is 0 Å². The average Bonchev–Trinajstić information content (AvgIpc) is 2.74. The van der Waals surface area contributed by atoms with E-state index in [1.807, 2.05) is 5.38 Å². The SMILES string of the molecule is CC1NC(=O)C(C)N(Cc2nccs2)C1=O. The third kappa shape index (κ3) is 1.92. The van der Waals surface area contributed by atoms with Crippen LogP contribution in [-0.4, -0.2) is 33.8 Å². The minimum Gasteiger partial charge on any atom is -0.343 e. The lowest BCUT2D eigenvalue weighted by Gasteiger charge is -2.35. The fraction of sp³-hybridized carbons (Fsp3) is 0.500. The van der Waals surface area contributed by atoms with Gasteiger partial charge in [0.2, 0.25) is 11.8 Å². The lowest BCUT2D eigenvalue weighted by atomic mass is 10.1. The molecule has 1 aliphatic heterocycles. The number of nitrogens with one attached hydrogen (secondary N) is 1. The molecule has 0 saturated carbocycles. The Morgan fingerprint density at radius 2 is 2.25 bits per heavy atom.